The maximum atomic E-state index is 8.33. The summed E-state index contributed by atoms with van der Waals surface area (Å²) < 4.78 is 5.10. The van der Waals surface area contributed by atoms with Crippen LogP contribution in [-0.4, -0.2) is 44.4 Å². The van der Waals surface area contributed by atoms with Gasteiger partial charge in [-0.05, 0) is 13.2 Å². The standard InChI is InChI=1S/C5H11NO.CH2O3.2K/c1-6-2-4-7-5-3-6;2-1(3)4;;/h2-5H2,1H3;(H2,2,3,4);;/q;;2*+1/p-2. The Labute approximate surface area is 163 Å². The minimum atomic E-state index is -2.33. The topological polar surface area (TPSA) is 75.7 Å². The van der Waals surface area contributed by atoms with E-state index < -0.39 is 6.16 Å². The van der Waals surface area contributed by atoms with E-state index in [9.17, 15) is 0 Å². The zero-order valence-corrected chi connectivity index (χ0v) is 14.7. The molecule has 0 saturated carbocycles. The van der Waals surface area contributed by atoms with E-state index in [4.69, 9.17) is 19.7 Å². The Morgan fingerprint density at radius 2 is 1.54 bits per heavy atom. The number of hydrogen-bond donors (Lipinski definition) is 0. The van der Waals surface area contributed by atoms with Gasteiger partial charge >= 0.3 is 103 Å². The van der Waals surface area contributed by atoms with Gasteiger partial charge in [0.05, 0.1) is 13.2 Å². The zero-order chi connectivity index (χ0) is 8.69. The second-order valence-electron chi connectivity index (χ2n) is 2.17. The van der Waals surface area contributed by atoms with Crippen molar-refractivity contribution >= 4 is 6.16 Å². The van der Waals surface area contributed by atoms with Gasteiger partial charge in [-0.25, -0.2) is 0 Å². The summed E-state index contributed by atoms with van der Waals surface area (Å²) in [6.07, 6.45) is -2.33. The van der Waals surface area contributed by atoms with Gasteiger partial charge in [-0.3, -0.25) is 0 Å². The molecule has 1 fully saturated rings. The quantitative estimate of drug-likeness (QED) is 0.392. The van der Waals surface area contributed by atoms with Gasteiger partial charge in [0.2, 0.25) is 0 Å². The fraction of sp³-hybridized carbons (Fsp3) is 0.833. The van der Waals surface area contributed by atoms with Crippen LogP contribution in [0.4, 0.5) is 4.79 Å². The summed E-state index contributed by atoms with van der Waals surface area (Å²) in [4.78, 5) is 10.6. The Morgan fingerprint density at radius 3 is 1.69 bits per heavy atom. The van der Waals surface area contributed by atoms with Crippen LogP contribution in [0.25, 0.3) is 0 Å². The number of carbonyl (C=O) groups is 1. The van der Waals surface area contributed by atoms with Gasteiger partial charge in [-0.2, -0.15) is 0 Å². The minimum Gasteiger partial charge on any atom is -0.652 e. The number of nitrogens with zero attached hydrogens (tertiary/aromatic N) is 1. The Bertz CT molecular complexity index is 115. The van der Waals surface area contributed by atoms with Crippen molar-refractivity contribution in [3.8, 4) is 0 Å². The van der Waals surface area contributed by atoms with E-state index in [1.54, 1.807) is 0 Å². The van der Waals surface area contributed by atoms with Crippen LogP contribution in [-0.2, 0) is 4.74 Å². The van der Waals surface area contributed by atoms with E-state index in [1.165, 1.54) is 0 Å². The van der Waals surface area contributed by atoms with Gasteiger partial charge in [0.15, 0.2) is 0 Å². The molecule has 1 saturated heterocycles. The minimum absolute atomic E-state index is 0. The van der Waals surface area contributed by atoms with E-state index >= 15 is 0 Å². The van der Waals surface area contributed by atoms with Crippen LogP contribution in [0.5, 0.6) is 0 Å². The molecule has 0 spiro atoms. The van der Waals surface area contributed by atoms with Crippen LogP contribution in [0.2, 0.25) is 0 Å². The number of hydrogen-bond acceptors (Lipinski definition) is 5. The fourth-order valence-electron chi connectivity index (χ4n) is 0.655. The molecule has 0 N–H and O–H groups in total. The number of likely N-dealkylation sites (N-methyl/N-ethyl adjacent to an activating group) is 1. The molecular formula is C6H11K2NO4. The van der Waals surface area contributed by atoms with Crippen LogP contribution < -0.4 is 113 Å². The molecule has 1 heterocycles. The number of morpholine rings is 1. The van der Waals surface area contributed by atoms with Crippen molar-refractivity contribution in [3.63, 3.8) is 0 Å². The molecular weight excluding hydrogens is 228 g/mol. The predicted octanol–water partition coefficient (Wildman–Crippen LogP) is -8.49. The van der Waals surface area contributed by atoms with Gasteiger partial charge in [-0.15, -0.1) is 0 Å². The molecule has 13 heavy (non-hydrogen) atoms. The average Bonchev–Trinajstić information content (AvgIpc) is 1.87. The van der Waals surface area contributed by atoms with Gasteiger partial charge in [-0.1, -0.05) is 0 Å². The van der Waals surface area contributed by atoms with E-state index in [0.29, 0.717) is 0 Å². The number of carboxylic acid groups (broad SMARTS) is 2. The van der Waals surface area contributed by atoms with E-state index in [2.05, 4.69) is 11.9 Å². The van der Waals surface area contributed by atoms with Crippen molar-refractivity contribution in [3.05, 3.63) is 0 Å². The second kappa shape index (κ2) is 14.5. The van der Waals surface area contributed by atoms with Gasteiger partial charge in [0.25, 0.3) is 0 Å². The molecule has 0 aliphatic carbocycles. The first kappa shape index (κ1) is 20.8. The summed E-state index contributed by atoms with van der Waals surface area (Å²) in [7, 11) is 2.11. The Hall–Kier alpha value is 2.46. The normalized spacial score (nSPS) is 15.5. The van der Waals surface area contributed by atoms with Gasteiger partial charge in [0, 0.05) is 13.1 Å². The van der Waals surface area contributed by atoms with Crippen LogP contribution in [0, 0.1) is 0 Å². The maximum absolute atomic E-state index is 8.33. The summed E-state index contributed by atoms with van der Waals surface area (Å²) in [5.41, 5.74) is 0. The van der Waals surface area contributed by atoms with Crippen molar-refractivity contribution in [1.29, 1.82) is 0 Å². The largest absolute Gasteiger partial charge is 1.00 e. The molecule has 7 heteroatoms. The van der Waals surface area contributed by atoms with E-state index in [0.717, 1.165) is 26.3 Å². The Morgan fingerprint density at radius 1 is 1.23 bits per heavy atom. The predicted molar refractivity (Wildman–Crippen MR) is 33.7 cm³/mol. The van der Waals surface area contributed by atoms with Crippen molar-refractivity contribution in [2.45, 2.75) is 0 Å². The molecule has 1 rings (SSSR count). The SMILES string of the molecule is CN1CCOCC1.O=C([O-])[O-].[K+].[K+]. The van der Waals surface area contributed by atoms with Crippen molar-refractivity contribution in [1.82, 2.24) is 4.90 Å². The van der Waals surface area contributed by atoms with E-state index in [-0.39, 0.29) is 103 Å². The van der Waals surface area contributed by atoms with Gasteiger partial charge in [0.1, 0.15) is 0 Å². The summed E-state index contributed by atoms with van der Waals surface area (Å²) >= 11 is 0. The third kappa shape index (κ3) is 20.5. The fourth-order valence-corrected chi connectivity index (χ4v) is 0.655. The number of carbonyl (C=O) groups excluding carboxylic acids is 1. The third-order valence-electron chi connectivity index (χ3n) is 1.23. The van der Waals surface area contributed by atoms with Crippen molar-refractivity contribution in [2.75, 3.05) is 33.4 Å². The summed E-state index contributed by atoms with van der Waals surface area (Å²) in [5, 5.41) is 16.7. The molecule has 0 aromatic heterocycles. The first-order chi connectivity index (χ1) is 5.13. The maximum Gasteiger partial charge on any atom is 1.00 e. The van der Waals surface area contributed by atoms with Crippen molar-refractivity contribution < 1.29 is 123 Å². The molecule has 0 aromatic carbocycles. The molecule has 1 aliphatic rings. The molecule has 0 unspecified atom stereocenters. The Kier molecular flexibility index (Phi) is 23.2. The van der Waals surface area contributed by atoms with Crippen LogP contribution in [0.15, 0.2) is 0 Å². The van der Waals surface area contributed by atoms with Crippen LogP contribution >= 0.6 is 0 Å². The molecule has 0 aromatic rings. The summed E-state index contributed by atoms with van der Waals surface area (Å²) in [6.45, 7) is 4.02. The molecule has 0 amide bonds. The molecule has 0 radical (unpaired) electrons. The number of rotatable bonds is 0. The monoisotopic (exact) mass is 239 g/mol. The van der Waals surface area contributed by atoms with E-state index in [1.807, 2.05) is 0 Å². The number of ether oxygens (including phenoxy) is 1. The smallest absolute Gasteiger partial charge is 0.652 e. The molecule has 0 bridgehead atoms. The second-order valence-corrected chi connectivity index (χ2v) is 2.17. The van der Waals surface area contributed by atoms with Crippen LogP contribution in [0.1, 0.15) is 0 Å². The molecule has 5 nitrogen and oxygen atoms in total. The first-order valence-electron chi connectivity index (χ1n) is 3.27. The van der Waals surface area contributed by atoms with Crippen molar-refractivity contribution in [2.24, 2.45) is 0 Å². The first-order valence-corrected chi connectivity index (χ1v) is 3.27. The molecule has 1 aliphatic heterocycles. The average molecular weight is 239 g/mol. The van der Waals surface area contributed by atoms with Gasteiger partial charge < -0.3 is 24.6 Å². The van der Waals surface area contributed by atoms with Crippen LogP contribution in [0.3, 0.4) is 0 Å². The third-order valence-corrected chi connectivity index (χ3v) is 1.23. The summed E-state index contributed by atoms with van der Waals surface area (Å²) in [6, 6.07) is 0. The molecule has 0 atom stereocenters. The Balaban J connectivity index is -0.000000150. The zero-order valence-electron chi connectivity index (χ0n) is 8.41. The molecule has 66 valence electrons. The summed E-state index contributed by atoms with van der Waals surface area (Å²) in [5.74, 6) is 0.